The zero-order valence-corrected chi connectivity index (χ0v) is 9.85. The summed E-state index contributed by atoms with van der Waals surface area (Å²) in [7, 11) is 0. The molecule has 15 heavy (non-hydrogen) atoms. The maximum absolute atomic E-state index is 6.18. The Hall–Kier alpha value is -0.380. The van der Waals surface area contributed by atoms with Crippen LogP contribution in [0.3, 0.4) is 0 Å². The van der Waals surface area contributed by atoms with Crippen LogP contribution in [-0.2, 0) is 4.74 Å². The van der Waals surface area contributed by atoms with Crippen molar-refractivity contribution in [3.8, 4) is 0 Å². The molecule has 0 aromatic carbocycles. The van der Waals surface area contributed by atoms with E-state index in [2.05, 4.69) is 23.7 Å². The van der Waals surface area contributed by atoms with Gasteiger partial charge >= 0.3 is 0 Å². The lowest BCUT2D eigenvalue weighted by atomic mass is 10.1. The van der Waals surface area contributed by atoms with Crippen LogP contribution in [0.1, 0.15) is 29.4 Å². The highest BCUT2D eigenvalue weighted by atomic mass is 32.1. The zero-order valence-electron chi connectivity index (χ0n) is 9.03. The van der Waals surface area contributed by atoms with Crippen LogP contribution in [0.2, 0.25) is 0 Å². The summed E-state index contributed by atoms with van der Waals surface area (Å²) >= 11 is 1.83. The fraction of sp³-hybridized carbons (Fsp3) is 0.667. The summed E-state index contributed by atoms with van der Waals surface area (Å²) in [4.78, 5) is 1.41. The fourth-order valence-corrected chi connectivity index (χ4v) is 3.24. The van der Waals surface area contributed by atoms with E-state index in [-0.39, 0.29) is 0 Å². The third kappa shape index (κ3) is 1.96. The summed E-state index contributed by atoms with van der Waals surface area (Å²) in [5, 5.41) is 5.66. The molecule has 1 aliphatic carbocycles. The molecule has 2 atom stereocenters. The van der Waals surface area contributed by atoms with Gasteiger partial charge in [0.25, 0.3) is 0 Å². The smallest absolute Gasteiger partial charge is 0.105 e. The van der Waals surface area contributed by atoms with Crippen LogP contribution in [0.4, 0.5) is 0 Å². The van der Waals surface area contributed by atoms with E-state index >= 15 is 0 Å². The quantitative estimate of drug-likeness (QED) is 0.831. The topological polar surface area (TPSA) is 21.3 Å². The van der Waals surface area contributed by atoms with Crippen LogP contribution in [0, 0.1) is 12.8 Å². The van der Waals surface area contributed by atoms with Gasteiger partial charge in [-0.1, -0.05) is 0 Å². The van der Waals surface area contributed by atoms with Gasteiger partial charge in [-0.25, -0.2) is 0 Å². The summed E-state index contributed by atoms with van der Waals surface area (Å²) in [5.74, 6) is 0.834. The number of aryl methyl sites for hydroxylation is 1. The van der Waals surface area contributed by atoms with Gasteiger partial charge in [-0.3, -0.25) is 0 Å². The summed E-state index contributed by atoms with van der Waals surface area (Å²) in [6, 6.07) is 2.18. The average Bonchev–Trinajstić information content (AvgIpc) is 3.02. The molecule has 2 unspecified atom stereocenters. The first kappa shape index (κ1) is 9.82. The molecule has 1 N–H and O–H groups in total. The van der Waals surface area contributed by atoms with Gasteiger partial charge < -0.3 is 10.1 Å². The van der Waals surface area contributed by atoms with E-state index in [9.17, 15) is 0 Å². The van der Waals surface area contributed by atoms with Crippen molar-refractivity contribution < 1.29 is 4.74 Å². The van der Waals surface area contributed by atoms with Crippen LogP contribution in [0.15, 0.2) is 11.4 Å². The lowest BCUT2D eigenvalue weighted by Gasteiger charge is -2.31. The number of morpholine rings is 1. The van der Waals surface area contributed by atoms with Crippen LogP contribution in [0.25, 0.3) is 0 Å². The molecule has 0 spiro atoms. The first-order valence-corrected chi connectivity index (χ1v) is 6.63. The Morgan fingerprint density at radius 1 is 1.40 bits per heavy atom. The highest BCUT2D eigenvalue weighted by molar-refractivity contribution is 7.10. The van der Waals surface area contributed by atoms with Gasteiger partial charge in [0, 0.05) is 18.0 Å². The van der Waals surface area contributed by atoms with Crippen molar-refractivity contribution in [3.05, 3.63) is 21.9 Å². The van der Waals surface area contributed by atoms with Crippen LogP contribution in [0.5, 0.6) is 0 Å². The van der Waals surface area contributed by atoms with Crippen LogP contribution in [-0.4, -0.2) is 19.2 Å². The Kier molecular flexibility index (Phi) is 2.54. The van der Waals surface area contributed by atoms with E-state index < -0.39 is 0 Å². The van der Waals surface area contributed by atoms with Gasteiger partial charge in [-0.2, -0.15) is 0 Å². The van der Waals surface area contributed by atoms with E-state index in [1.807, 2.05) is 11.3 Å². The molecule has 1 aromatic heterocycles. The highest BCUT2D eigenvalue weighted by Gasteiger charge is 2.36. The minimum absolute atomic E-state index is 0.296. The van der Waals surface area contributed by atoms with Crippen molar-refractivity contribution in [2.24, 2.45) is 5.92 Å². The molecule has 1 aromatic rings. The Morgan fingerprint density at radius 2 is 2.27 bits per heavy atom. The minimum atomic E-state index is 0.296. The largest absolute Gasteiger partial charge is 0.367 e. The minimum Gasteiger partial charge on any atom is -0.367 e. The molecule has 3 rings (SSSR count). The van der Waals surface area contributed by atoms with E-state index in [4.69, 9.17) is 4.74 Å². The van der Waals surface area contributed by atoms with Crippen molar-refractivity contribution in [2.45, 2.75) is 32.0 Å². The Balaban J connectivity index is 1.73. The van der Waals surface area contributed by atoms with Crippen molar-refractivity contribution in [3.63, 3.8) is 0 Å². The molecule has 0 radical (unpaired) electrons. The SMILES string of the molecule is Cc1ccsc1C1CNCC(C2CC2)O1. The van der Waals surface area contributed by atoms with Gasteiger partial charge in [0.1, 0.15) is 6.10 Å². The second-order valence-electron chi connectivity index (χ2n) is 4.63. The molecule has 1 saturated heterocycles. The lowest BCUT2D eigenvalue weighted by molar-refractivity contribution is -0.0479. The number of rotatable bonds is 2. The number of nitrogens with one attached hydrogen (secondary N) is 1. The third-order valence-corrected chi connectivity index (χ3v) is 4.47. The number of hydrogen-bond donors (Lipinski definition) is 1. The molecule has 2 fully saturated rings. The standard InChI is InChI=1S/C12H17NOS/c1-8-4-5-15-12(8)11-7-13-6-10(14-11)9-2-3-9/h4-5,9-11,13H,2-3,6-7H2,1H3. The molecule has 1 saturated carbocycles. The molecule has 0 amide bonds. The second kappa shape index (κ2) is 3.89. The zero-order chi connectivity index (χ0) is 10.3. The molecule has 3 heteroatoms. The molecule has 82 valence electrons. The monoisotopic (exact) mass is 223 g/mol. The molecule has 0 bridgehead atoms. The van der Waals surface area contributed by atoms with Crippen LogP contribution < -0.4 is 5.32 Å². The summed E-state index contributed by atoms with van der Waals surface area (Å²) in [6.07, 6.45) is 3.49. The molecule has 2 nitrogen and oxygen atoms in total. The number of thiophene rings is 1. The van der Waals surface area contributed by atoms with Gasteiger partial charge in [0.05, 0.1) is 6.10 Å². The first-order valence-electron chi connectivity index (χ1n) is 5.75. The maximum Gasteiger partial charge on any atom is 0.105 e. The summed E-state index contributed by atoms with van der Waals surface area (Å²) < 4.78 is 6.18. The van der Waals surface area contributed by atoms with Gasteiger partial charge in [-0.15, -0.1) is 11.3 Å². The number of hydrogen-bond acceptors (Lipinski definition) is 3. The summed E-state index contributed by atoms with van der Waals surface area (Å²) in [5.41, 5.74) is 1.38. The first-order chi connectivity index (χ1) is 7.34. The van der Waals surface area contributed by atoms with E-state index in [1.165, 1.54) is 23.3 Å². The van der Waals surface area contributed by atoms with Crippen molar-refractivity contribution in [1.29, 1.82) is 0 Å². The predicted molar refractivity (Wildman–Crippen MR) is 62.3 cm³/mol. The number of ether oxygens (including phenoxy) is 1. The van der Waals surface area contributed by atoms with E-state index in [0.29, 0.717) is 12.2 Å². The molecule has 2 aliphatic rings. The summed E-state index contributed by atoms with van der Waals surface area (Å²) in [6.45, 7) is 4.20. The van der Waals surface area contributed by atoms with Gasteiger partial charge in [-0.05, 0) is 42.7 Å². The van der Waals surface area contributed by atoms with Crippen LogP contribution >= 0.6 is 11.3 Å². The average molecular weight is 223 g/mol. The third-order valence-electron chi connectivity index (χ3n) is 3.36. The Morgan fingerprint density at radius 3 is 2.93 bits per heavy atom. The molecular formula is C12H17NOS. The molecule has 1 aliphatic heterocycles. The van der Waals surface area contributed by atoms with Gasteiger partial charge in [0.15, 0.2) is 0 Å². The van der Waals surface area contributed by atoms with Crippen molar-refractivity contribution in [1.82, 2.24) is 5.32 Å². The lowest BCUT2D eigenvalue weighted by Crippen LogP contribution is -2.41. The fourth-order valence-electron chi connectivity index (χ4n) is 2.28. The molecule has 2 heterocycles. The van der Waals surface area contributed by atoms with Crippen molar-refractivity contribution in [2.75, 3.05) is 13.1 Å². The maximum atomic E-state index is 6.18. The Labute approximate surface area is 94.6 Å². The second-order valence-corrected chi connectivity index (χ2v) is 5.57. The predicted octanol–water partition coefficient (Wildman–Crippen LogP) is 2.50. The normalized spacial score (nSPS) is 31.8. The molecular weight excluding hydrogens is 206 g/mol. The van der Waals surface area contributed by atoms with E-state index in [0.717, 1.165) is 19.0 Å². The van der Waals surface area contributed by atoms with E-state index in [1.54, 1.807) is 0 Å². The highest BCUT2D eigenvalue weighted by Crippen LogP contribution is 2.38. The van der Waals surface area contributed by atoms with Gasteiger partial charge in [0.2, 0.25) is 0 Å². The Bertz CT molecular complexity index is 345. The van der Waals surface area contributed by atoms with Crippen molar-refractivity contribution >= 4 is 11.3 Å².